The van der Waals surface area contributed by atoms with E-state index >= 15 is 0 Å². The Morgan fingerprint density at radius 3 is 2.37 bits per heavy atom. The number of amides is 1. The molecule has 3 nitrogen and oxygen atoms in total. The van der Waals surface area contributed by atoms with Gasteiger partial charge in [0.2, 0.25) is 0 Å². The SMILES string of the molecule is CC(C)N(CC(F)(F)F)C(=O)c1ccc(O)cc1F. The summed E-state index contributed by atoms with van der Waals surface area (Å²) < 4.78 is 50.6. The van der Waals surface area contributed by atoms with Crippen LogP contribution in [-0.4, -0.2) is 34.7 Å². The number of alkyl halides is 3. The Morgan fingerprint density at radius 2 is 1.95 bits per heavy atom. The van der Waals surface area contributed by atoms with Gasteiger partial charge < -0.3 is 10.0 Å². The van der Waals surface area contributed by atoms with Crippen molar-refractivity contribution in [1.82, 2.24) is 4.90 Å². The Bertz CT molecular complexity index is 471. The van der Waals surface area contributed by atoms with Crippen molar-refractivity contribution in [2.45, 2.75) is 26.1 Å². The van der Waals surface area contributed by atoms with Crippen molar-refractivity contribution >= 4 is 5.91 Å². The molecule has 0 spiro atoms. The summed E-state index contributed by atoms with van der Waals surface area (Å²) in [6, 6.07) is 1.95. The van der Waals surface area contributed by atoms with Crippen LogP contribution in [0, 0.1) is 5.82 Å². The van der Waals surface area contributed by atoms with Crippen LogP contribution in [0.5, 0.6) is 5.75 Å². The molecule has 1 N–H and O–H groups in total. The standard InChI is InChI=1S/C12H13F4NO2/c1-7(2)17(6-12(14,15)16)11(19)9-4-3-8(18)5-10(9)13/h3-5,7,18H,6H2,1-2H3. The number of carbonyl (C=O) groups is 1. The molecule has 0 atom stereocenters. The van der Waals surface area contributed by atoms with Crippen molar-refractivity contribution in [3.63, 3.8) is 0 Å². The lowest BCUT2D eigenvalue weighted by molar-refractivity contribution is -0.143. The Hall–Kier alpha value is -1.79. The summed E-state index contributed by atoms with van der Waals surface area (Å²) in [5.41, 5.74) is -0.504. The van der Waals surface area contributed by atoms with E-state index in [1.165, 1.54) is 13.8 Å². The lowest BCUT2D eigenvalue weighted by Crippen LogP contribution is -2.43. The number of halogens is 4. The number of carbonyl (C=O) groups excluding carboxylic acids is 1. The van der Waals surface area contributed by atoms with E-state index in [0.29, 0.717) is 11.0 Å². The van der Waals surface area contributed by atoms with Crippen LogP contribution in [0.3, 0.4) is 0 Å². The molecule has 1 aromatic rings. The number of phenolic OH excluding ortho intramolecular Hbond substituents is 1. The van der Waals surface area contributed by atoms with E-state index in [-0.39, 0.29) is 0 Å². The molecule has 0 aromatic heterocycles. The van der Waals surface area contributed by atoms with Gasteiger partial charge in [-0.05, 0) is 26.0 Å². The summed E-state index contributed by atoms with van der Waals surface area (Å²) in [6.45, 7) is 1.35. The first kappa shape index (κ1) is 15.3. The lowest BCUT2D eigenvalue weighted by Gasteiger charge is -2.27. The summed E-state index contributed by atoms with van der Waals surface area (Å²) in [4.78, 5) is 12.4. The van der Waals surface area contributed by atoms with E-state index in [1.54, 1.807) is 0 Å². The summed E-state index contributed by atoms with van der Waals surface area (Å²) in [7, 11) is 0. The zero-order valence-electron chi connectivity index (χ0n) is 10.3. The van der Waals surface area contributed by atoms with Crippen molar-refractivity contribution in [3.05, 3.63) is 29.6 Å². The van der Waals surface area contributed by atoms with Crippen LogP contribution in [0.15, 0.2) is 18.2 Å². The van der Waals surface area contributed by atoms with Gasteiger partial charge in [0.05, 0.1) is 5.56 Å². The van der Waals surface area contributed by atoms with Gasteiger partial charge in [0.15, 0.2) is 0 Å². The summed E-state index contributed by atoms with van der Waals surface area (Å²) >= 11 is 0. The van der Waals surface area contributed by atoms with E-state index in [0.717, 1.165) is 12.1 Å². The van der Waals surface area contributed by atoms with Crippen molar-refractivity contribution in [2.75, 3.05) is 6.54 Å². The highest BCUT2D eigenvalue weighted by molar-refractivity contribution is 5.94. The first-order valence-corrected chi connectivity index (χ1v) is 5.48. The molecule has 0 radical (unpaired) electrons. The van der Waals surface area contributed by atoms with Gasteiger partial charge in [0.1, 0.15) is 18.1 Å². The fourth-order valence-electron chi connectivity index (χ4n) is 1.51. The minimum Gasteiger partial charge on any atom is -0.508 e. The van der Waals surface area contributed by atoms with Crippen LogP contribution in [0.1, 0.15) is 24.2 Å². The summed E-state index contributed by atoms with van der Waals surface area (Å²) in [5, 5.41) is 9.01. The molecule has 19 heavy (non-hydrogen) atoms. The second kappa shape index (κ2) is 5.46. The Morgan fingerprint density at radius 1 is 1.37 bits per heavy atom. The molecule has 0 bridgehead atoms. The van der Waals surface area contributed by atoms with Gasteiger partial charge in [-0.15, -0.1) is 0 Å². The number of aromatic hydroxyl groups is 1. The second-order valence-corrected chi connectivity index (χ2v) is 4.31. The molecule has 0 heterocycles. The largest absolute Gasteiger partial charge is 0.508 e. The van der Waals surface area contributed by atoms with Crippen LogP contribution in [-0.2, 0) is 0 Å². The van der Waals surface area contributed by atoms with Gasteiger partial charge in [-0.3, -0.25) is 4.79 Å². The van der Waals surface area contributed by atoms with E-state index in [4.69, 9.17) is 5.11 Å². The normalized spacial score (nSPS) is 11.7. The fourth-order valence-corrected chi connectivity index (χ4v) is 1.51. The number of hydrogen-bond donors (Lipinski definition) is 1. The van der Waals surface area contributed by atoms with Gasteiger partial charge in [-0.25, -0.2) is 4.39 Å². The van der Waals surface area contributed by atoms with Crippen LogP contribution in [0.25, 0.3) is 0 Å². The topological polar surface area (TPSA) is 40.5 Å². The van der Waals surface area contributed by atoms with Gasteiger partial charge in [0, 0.05) is 12.1 Å². The van der Waals surface area contributed by atoms with Crippen molar-refractivity contribution in [2.24, 2.45) is 0 Å². The number of hydrogen-bond acceptors (Lipinski definition) is 2. The van der Waals surface area contributed by atoms with E-state index in [1.807, 2.05) is 0 Å². The first-order chi connectivity index (χ1) is 8.61. The van der Waals surface area contributed by atoms with Crippen LogP contribution < -0.4 is 0 Å². The quantitative estimate of drug-likeness (QED) is 0.864. The molecule has 106 valence electrons. The molecular formula is C12H13F4NO2. The van der Waals surface area contributed by atoms with Gasteiger partial charge >= 0.3 is 6.18 Å². The maximum atomic E-state index is 13.5. The minimum atomic E-state index is -4.56. The van der Waals surface area contributed by atoms with Crippen molar-refractivity contribution in [3.8, 4) is 5.75 Å². The fraction of sp³-hybridized carbons (Fsp3) is 0.417. The molecule has 1 rings (SSSR count). The highest BCUT2D eigenvalue weighted by Crippen LogP contribution is 2.22. The van der Waals surface area contributed by atoms with E-state index < -0.39 is 41.8 Å². The molecular weight excluding hydrogens is 266 g/mol. The number of benzene rings is 1. The second-order valence-electron chi connectivity index (χ2n) is 4.31. The molecule has 0 saturated heterocycles. The third kappa shape index (κ3) is 4.11. The van der Waals surface area contributed by atoms with Crippen LogP contribution >= 0.6 is 0 Å². The third-order valence-corrected chi connectivity index (χ3v) is 2.42. The maximum absolute atomic E-state index is 13.5. The average molecular weight is 279 g/mol. The third-order valence-electron chi connectivity index (χ3n) is 2.42. The van der Waals surface area contributed by atoms with Crippen LogP contribution in [0.2, 0.25) is 0 Å². The zero-order valence-corrected chi connectivity index (χ0v) is 10.3. The first-order valence-electron chi connectivity index (χ1n) is 5.48. The predicted octanol–water partition coefficient (Wildman–Crippen LogP) is 2.94. The lowest BCUT2D eigenvalue weighted by atomic mass is 10.1. The smallest absolute Gasteiger partial charge is 0.406 e. The highest BCUT2D eigenvalue weighted by Gasteiger charge is 2.35. The number of nitrogens with zero attached hydrogens (tertiary/aromatic N) is 1. The summed E-state index contributed by atoms with van der Waals surface area (Å²) in [5.74, 6) is -2.52. The predicted molar refractivity (Wildman–Crippen MR) is 60.3 cm³/mol. The molecule has 0 aliphatic carbocycles. The Kier molecular flexibility index (Phi) is 4.39. The van der Waals surface area contributed by atoms with E-state index in [2.05, 4.69) is 0 Å². The average Bonchev–Trinajstić information content (AvgIpc) is 2.23. The molecule has 0 unspecified atom stereocenters. The maximum Gasteiger partial charge on any atom is 0.406 e. The number of phenols is 1. The van der Waals surface area contributed by atoms with Crippen molar-refractivity contribution in [1.29, 1.82) is 0 Å². The molecule has 7 heteroatoms. The Balaban J connectivity index is 3.06. The van der Waals surface area contributed by atoms with Crippen LogP contribution in [0.4, 0.5) is 17.6 Å². The number of rotatable bonds is 3. The minimum absolute atomic E-state index is 0.402. The molecule has 1 amide bonds. The highest BCUT2D eigenvalue weighted by atomic mass is 19.4. The van der Waals surface area contributed by atoms with E-state index in [9.17, 15) is 22.4 Å². The molecule has 0 aliphatic rings. The summed E-state index contributed by atoms with van der Waals surface area (Å²) in [6.07, 6.45) is -4.56. The van der Waals surface area contributed by atoms with Gasteiger partial charge in [0.25, 0.3) is 5.91 Å². The Labute approximate surface area is 107 Å². The molecule has 0 saturated carbocycles. The van der Waals surface area contributed by atoms with Gasteiger partial charge in [-0.2, -0.15) is 13.2 Å². The zero-order chi connectivity index (χ0) is 14.8. The van der Waals surface area contributed by atoms with Crippen molar-refractivity contribution < 1.29 is 27.5 Å². The monoisotopic (exact) mass is 279 g/mol. The molecule has 0 aliphatic heterocycles. The molecule has 1 aromatic carbocycles. The van der Waals surface area contributed by atoms with Gasteiger partial charge in [-0.1, -0.05) is 0 Å². The molecule has 0 fully saturated rings.